The molecule has 1 heterocycles. The highest BCUT2D eigenvalue weighted by Crippen LogP contribution is 2.28. The minimum absolute atomic E-state index is 0.395. The van der Waals surface area contributed by atoms with Crippen LogP contribution in [0.2, 0.25) is 0 Å². The zero-order valence-electron chi connectivity index (χ0n) is 13.4. The third kappa shape index (κ3) is 3.62. The summed E-state index contributed by atoms with van der Waals surface area (Å²) in [5, 5.41) is 0. The van der Waals surface area contributed by atoms with Crippen molar-refractivity contribution in [1.82, 2.24) is 4.90 Å². The van der Waals surface area contributed by atoms with Crippen LogP contribution in [0.1, 0.15) is 55.3 Å². The molecule has 0 spiro atoms. The van der Waals surface area contributed by atoms with Crippen LogP contribution in [0.15, 0.2) is 18.2 Å². The predicted octanol–water partition coefficient (Wildman–Crippen LogP) is 3.82. The summed E-state index contributed by atoms with van der Waals surface area (Å²) in [5.41, 5.74) is 10.3. The van der Waals surface area contributed by atoms with Gasteiger partial charge in [0.25, 0.3) is 0 Å². The Morgan fingerprint density at radius 1 is 1.25 bits per heavy atom. The molecule has 2 heteroatoms. The second-order valence-electron chi connectivity index (χ2n) is 6.35. The molecule has 2 N–H and O–H groups in total. The first-order chi connectivity index (χ1) is 9.65. The first-order valence-electron chi connectivity index (χ1n) is 8.17. The van der Waals surface area contributed by atoms with Crippen molar-refractivity contribution in [3.05, 3.63) is 34.9 Å². The molecular weight excluding hydrogens is 244 g/mol. The van der Waals surface area contributed by atoms with Gasteiger partial charge in [-0.3, -0.25) is 4.90 Å². The van der Waals surface area contributed by atoms with Gasteiger partial charge < -0.3 is 5.73 Å². The van der Waals surface area contributed by atoms with Crippen molar-refractivity contribution < 1.29 is 0 Å². The van der Waals surface area contributed by atoms with Crippen molar-refractivity contribution in [2.45, 2.75) is 52.5 Å². The molecule has 0 bridgehead atoms. The molecule has 20 heavy (non-hydrogen) atoms. The van der Waals surface area contributed by atoms with Gasteiger partial charge in [0.2, 0.25) is 0 Å². The number of likely N-dealkylation sites (tertiary alicyclic amines) is 1. The SMILES string of the molecule is CCC1CCCN(C(CN)c2ccc(C)cc2C)CC1. The Balaban J connectivity index is 2.15. The van der Waals surface area contributed by atoms with Gasteiger partial charge in [-0.05, 0) is 63.2 Å². The Bertz CT molecular complexity index is 427. The van der Waals surface area contributed by atoms with Gasteiger partial charge in [-0.2, -0.15) is 0 Å². The molecule has 2 atom stereocenters. The molecule has 1 fully saturated rings. The monoisotopic (exact) mass is 274 g/mol. The summed E-state index contributed by atoms with van der Waals surface area (Å²) in [4.78, 5) is 2.62. The van der Waals surface area contributed by atoms with Gasteiger partial charge >= 0.3 is 0 Å². The molecule has 1 aliphatic heterocycles. The molecular formula is C18H30N2. The third-order valence-corrected chi connectivity index (χ3v) is 4.91. The fraction of sp³-hybridized carbons (Fsp3) is 0.667. The van der Waals surface area contributed by atoms with Crippen LogP contribution in [0, 0.1) is 19.8 Å². The Labute approximate surface area is 124 Å². The molecule has 1 aliphatic rings. The molecule has 2 unspecified atom stereocenters. The summed E-state index contributed by atoms with van der Waals surface area (Å²) < 4.78 is 0. The Morgan fingerprint density at radius 2 is 2.05 bits per heavy atom. The Kier molecular flexibility index (Phi) is 5.62. The molecule has 112 valence electrons. The van der Waals surface area contributed by atoms with E-state index in [-0.39, 0.29) is 0 Å². The Hall–Kier alpha value is -0.860. The largest absolute Gasteiger partial charge is 0.329 e. The van der Waals surface area contributed by atoms with Crippen LogP contribution in [0.3, 0.4) is 0 Å². The zero-order chi connectivity index (χ0) is 14.5. The van der Waals surface area contributed by atoms with E-state index in [2.05, 4.69) is 43.9 Å². The van der Waals surface area contributed by atoms with Crippen LogP contribution in [-0.2, 0) is 0 Å². The van der Waals surface area contributed by atoms with Crippen molar-refractivity contribution in [3.8, 4) is 0 Å². The molecule has 2 rings (SSSR count). The minimum Gasteiger partial charge on any atom is -0.329 e. The highest BCUT2D eigenvalue weighted by atomic mass is 15.2. The van der Waals surface area contributed by atoms with E-state index in [1.807, 2.05) is 0 Å². The van der Waals surface area contributed by atoms with Gasteiger partial charge in [0.15, 0.2) is 0 Å². The number of nitrogens with zero attached hydrogens (tertiary/aromatic N) is 1. The van der Waals surface area contributed by atoms with Crippen LogP contribution in [-0.4, -0.2) is 24.5 Å². The maximum absolute atomic E-state index is 6.12. The number of hydrogen-bond acceptors (Lipinski definition) is 2. The van der Waals surface area contributed by atoms with E-state index in [1.54, 1.807) is 0 Å². The third-order valence-electron chi connectivity index (χ3n) is 4.91. The highest BCUT2D eigenvalue weighted by molar-refractivity contribution is 5.33. The molecule has 0 amide bonds. The minimum atomic E-state index is 0.395. The van der Waals surface area contributed by atoms with Gasteiger partial charge in [-0.15, -0.1) is 0 Å². The maximum Gasteiger partial charge on any atom is 0.0473 e. The zero-order valence-corrected chi connectivity index (χ0v) is 13.4. The van der Waals surface area contributed by atoms with E-state index >= 15 is 0 Å². The standard InChI is InChI=1S/C18H30N2/c1-4-16-6-5-10-20(11-9-16)18(13-19)17-8-7-14(2)12-15(17)3/h7-8,12,16,18H,4-6,9-11,13,19H2,1-3H3. The highest BCUT2D eigenvalue weighted by Gasteiger charge is 2.23. The van der Waals surface area contributed by atoms with E-state index < -0.39 is 0 Å². The predicted molar refractivity (Wildman–Crippen MR) is 86.9 cm³/mol. The van der Waals surface area contributed by atoms with Gasteiger partial charge in [-0.1, -0.05) is 37.1 Å². The van der Waals surface area contributed by atoms with Crippen molar-refractivity contribution in [2.75, 3.05) is 19.6 Å². The average Bonchev–Trinajstić information content (AvgIpc) is 2.67. The van der Waals surface area contributed by atoms with Gasteiger partial charge in [0.1, 0.15) is 0 Å². The summed E-state index contributed by atoms with van der Waals surface area (Å²) in [5.74, 6) is 0.914. The Morgan fingerprint density at radius 3 is 2.70 bits per heavy atom. The summed E-state index contributed by atoms with van der Waals surface area (Å²) >= 11 is 0. The fourth-order valence-electron chi connectivity index (χ4n) is 3.58. The number of hydrogen-bond donors (Lipinski definition) is 1. The van der Waals surface area contributed by atoms with Gasteiger partial charge in [0.05, 0.1) is 0 Å². The molecule has 1 aromatic rings. The summed E-state index contributed by atoms with van der Waals surface area (Å²) in [6.07, 6.45) is 5.36. The lowest BCUT2D eigenvalue weighted by Gasteiger charge is -2.31. The molecule has 0 aliphatic carbocycles. The van der Waals surface area contributed by atoms with Crippen molar-refractivity contribution in [1.29, 1.82) is 0 Å². The van der Waals surface area contributed by atoms with E-state index in [0.717, 1.165) is 12.5 Å². The summed E-state index contributed by atoms with van der Waals surface area (Å²) in [6, 6.07) is 7.18. The van der Waals surface area contributed by atoms with Crippen LogP contribution in [0.4, 0.5) is 0 Å². The lowest BCUT2D eigenvalue weighted by molar-refractivity contribution is 0.206. The smallest absolute Gasteiger partial charge is 0.0473 e. The van der Waals surface area contributed by atoms with E-state index in [1.165, 1.54) is 55.5 Å². The van der Waals surface area contributed by atoms with Crippen LogP contribution in [0.25, 0.3) is 0 Å². The second kappa shape index (κ2) is 7.24. The number of nitrogens with two attached hydrogens (primary N) is 1. The van der Waals surface area contributed by atoms with Crippen LogP contribution in [0.5, 0.6) is 0 Å². The number of rotatable bonds is 4. The molecule has 2 nitrogen and oxygen atoms in total. The summed E-state index contributed by atoms with van der Waals surface area (Å²) in [6.45, 7) is 9.83. The van der Waals surface area contributed by atoms with Crippen molar-refractivity contribution >= 4 is 0 Å². The maximum atomic E-state index is 6.12. The van der Waals surface area contributed by atoms with Crippen molar-refractivity contribution in [2.24, 2.45) is 11.7 Å². The lowest BCUT2D eigenvalue weighted by atomic mass is 9.97. The molecule has 0 aromatic heterocycles. The van der Waals surface area contributed by atoms with Crippen LogP contribution < -0.4 is 5.73 Å². The quantitative estimate of drug-likeness (QED) is 0.904. The van der Waals surface area contributed by atoms with Gasteiger partial charge in [0, 0.05) is 12.6 Å². The van der Waals surface area contributed by atoms with E-state index in [9.17, 15) is 0 Å². The molecule has 0 saturated carbocycles. The van der Waals surface area contributed by atoms with Crippen molar-refractivity contribution in [3.63, 3.8) is 0 Å². The van der Waals surface area contributed by atoms with E-state index in [4.69, 9.17) is 5.73 Å². The topological polar surface area (TPSA) is 29.3 Å². The fourth-order valence-corrected chi connectivity index (χ4v) is 3.58. The normalized spacial score (nSPS) is 22.5. The molecule has 0 radical (unpaired) electrons. The van der Waals surface area contributed by atoms with Gasteiger partial charge in [-0.25, -0.2) is 0 Å². The summed E-state index contributed by atoms with van der Waals surface area (Å²) in [7, 11) is 0. The first-order valence-corrected chi connectivity index (χ1v) is 8.17. The number of benzene rings is 1. The lowest BCUT2D eigenvalue weighted by Crippen LogP contribution is -2.35. The van der Waals surface area contributed by atoms with E-state index in [0.29, 0.717) is 6.04 Å². The molecule has 1 aromatic carbocycles. The number of aryl methyl sites for hydroxylation is 2. The molecule has 1 saturated heterocycles. The average molecular weight is 274 g/mol. The second-order valence-corrected chi connectivity index (χ2v) is 6.35. The first kappa shape index (κ1) is 15.5. The van der Waals surface area contributed by atoms with Crippen LogP contribution >= 0.6 is 0 Å².